The standard InChI is InChI=1S/C20H24FN5O2/c1-12(2)11-28-17-6-4-13(21)10-15(17)14-5-7-18(25-19(14)23)26-20(27)16(24-3)8-9-22/h4-10,12H,11,22H2,1-3H3,(H3,23,25,26,27)/p+1/b9-8-,24-16?. The number of aromatic nitrogens is 1. The molecule has 0 aliphatic heterocycles. The first-order chi connectivity index (χ1) is 13.3. The highest BCUT2D eigenvalue weighted by Crippen LogP contribution is 2.33. The highest BCUT2D eigenvalue weighted by molar-refractivity contribution is 6.46. The van der Waals surface area contributed by atoms with Crippen LogP contribution in [0.5, 0.6) is 5.75 Å². The van der Waals surface area contributed by atoms with E-state index < -0.39 is 11.7 Å². The number of nitrogens with one attached hydrogen (secondary N) is 2. The third-order valence-corrected chi connectivity index (χ3v) is 3.76. The molecule has 1 aromatic carbocycles. The van der Waals surface area contributed by atoms with Crippen LogP contribution < -0.4 is 26.5 Å². The van der Waals surface area contributed by atoms with E-state index in [1.807, 2.05) is 13.8 Å². The Morgan fingerprint density at radius 2 is 2.07 bits per heavy atom. The number of carbonyl (C=O) groups excluding carboxylic acids is 1. The van der Waals surface area contributed by atoms with Crippen LogP contribution in [0.15, 0.2) is 47.6 Å². The summed E-state index contributed by atoms with van der Waals surface area (Å²) in [6.45, 7) is 4.54. The summed E-state index contributed by atoms with van der Waals surface area (Å²) in [5.41, 5.74) is 12.7. The van der Waals surface area contributed by atoms with Gasteiger partial charge in [-0.15, -0.1) is 0 Å². The second-order valence-corrected chi connectivity index (χ2v) is 6.47. The van der Waals surface area contributed by atoms with Gasteiger partial charge >= 0.3 is 5.91 Å². The van der Waals surface area contributed by atoms with Crippen molar-refractivity contribution >= 4 is 23.3 Å². The van der Waals surface area contributed by atoms with E-state index in [9.17, 15) is 9.18 Å². The van der Waals surface area contributed by atoms with Crippen LogP contribution in [-0.4, -0.2) is 25.3 Å². The Balaban J connectivity index is 2.32. The molecule has 0 fully saturated rings. The zero-order valence-corrected chi connectivity index (χ0v) is 16.1. The van der Waals surface area contributed by atoms with Gasteiger partial charge in [0.05, 0.1) is 12.2 Å². The van der Waals surface area contributed by atoms with E-state index in [2.05, 4.69) is 15.3 Å². The number of nitrogens with two attached hydrogens (primary N) is 2. The van der Waals surface area contributed by atoms with Gasteiger partial charge in [0, 0.05) is 18.7 Å². The van der Waals surface area contributed by atoms with Crippen LogP contribution in [0.25, 0.3) is 11.1 Å². The lowest BCUT2D eigenvalue weighted by molar-refractivity contribution is -0.342. The Bertz CT molecular complexity index is 909. The van der Waals surface area contributed by atoms with Gasteiger partial charge in [-0.05, 0) is 42.5 Å². The van der Waals surface area contributed by atoms with Gasteiger partial charge in [-0.3, -0.25) is 4.99 Å². The number of benzene rings is 1. The number of aliphatic imine (C=N–C) groups is 1. The Morgan fingerprint density at radius 3 is 2.68 bits per heavy atom. The molecule has 6 N–H and O–H groups in total. The predicted octanol–water partition coefficient (Wildman–Crippen LogP) is 2.41. The molecule has 0 spiro atoms. The molecule has 0 aliphatic rings. The normalized spacial score (nSPS) is 11.8. The minimum absolute atomic E-state index is 0.160. The van der Waals surface area contributed by atoms with Crippen LogP contribution in [0, 0.1) is 11.7 Å². The van der Waals surface area contributed by atoms with Crippen LogP contribution in [0.2, 0.25) is 0 Å². The largest absolute Gasteiger partial charge is 0.493 e. The van der Waals surface area contributed by atoms with E-state index in [1.165, 1.54) is 31.5 Å². The highest BCUT2D eigenvalue weighted by Gasteiger charge is 2.17. The second-order valence-electron chi connectivity index (χ2n) is 6.47. The molecular formula is C20H25FN5O2+. The Morgan fingerprint density at radius 1 is 1.32 bits per heavy atom. The monoisotopic (exact) mass is 386 g/mol. The van der Waals surface area contributed by atoms with Gasteiger partial charge in [0.15, 0.2) is 0 Å². The van der Waals surface area contributed by atoms with Crippen LogP contribution >= 0.6 is 0 Å². The van der Waals surface area contributed by atoms with Gasteiger partial charge in [-0.1, -0.05) is 13.8 Å². The molecule has 2 aromatic rings. The van der Waals surface area contributed by atoms with E-state index in [-0.39, 0.29) is 11.5 Å². The Hall–Kier alpha value is -3.42. The van der Waals surface area contributed by atoms with Crippen molar-refractivity contribution < 1.29 is 18.9 Å². The summed E-state index contributed by atoms with van der Waals surface area (Å²) in [6, 6.07) is 7.58. The van der Waals surface area contributed by atoms with E-state index in [0.29, 0.717) is 35.2 Å². The lowest BCUT2D eigenvalue weighted by Gasteiger charge is -2.14. The number of nitrogen functional groups attached to an aromatic ring is 1. The zero-order valence-electron chi connectivity index (χ0n) is 16.1. The fourth-order valence-corrected chi connectivity index (χ4v) is 2.44. The molecule has 0 atom stereocenters. The summed E-state index contributed by atoms with van der Waals surface area (Å²) in [6.07, 6.45) is 2.61. The molecule has 28 heavy (non-hydrogen) atoms. The average Bonchev–Trinajstić information content (AvgIpc) is 2.65. The number of rotatable bonds is 7. The minimum atomic E-state index is -0.445. The fraction of sp³-hybridized carbons (Fsp3) is 0.250. The average molecular weight is 386 g/mol. The smallest absolute Gasteiger partial charge is 0.329 e. The van der Waals surface area contributed by atoms with Crippen LogP contribution in [-0.2, 0) is 4.79 Å². The van der Waals surface area contributed by atoms with E-state index in [1.54, 1.807) is 18.2 Å². The van der Waals surface area contributed by atoms with Gasteiger partial charge in [0.2, 0.25) is 11.6 Å². The Labute approximate surface area is 163 Å². The fourth-order valence-electron chi connectivity index (χ4n) is 2.44. The number of ether oxygens (including phenoxy) is 1. The number of aromatic amines is 1. The first kappa shape index (κ1) is 20.9. The molecule has 1 amide bonds. The summed E-state index contributed by atoms with van der Waals surface area (Å²) in [7, 11) is 1.48. The van der Waals surface area contributed by atoms with Crippen molar-refractivity contribution in [1.29, 1.82) is 0 Å². The van der Waals surface area contributed by atoms with E-state index >= 15 is 0 Å². The number of carbonyl (C=O) groups is 1. The highest BCUT2D eigenvalue weighted by atomic mass is 19.1. The third kappa shape index (κ3) is 5.29. The number of amides is 1. The lowest BCUT2D eigenvalue weighted by atomic mass is 10.0. The van der Waals surface area contributed by atoms with Crippen LogP contribution in [0.4, 0.5) is 16.0 Å². The first-order valence-electron chi connectivity index (χ1n) is 8.76. The number of hydrogen-bond acceptors (Lipinski definition) is 5. The molecule has 0 bridgehead atoms. The van der Waals surface area contributed by atoms with Crippen LogP contribution in [0.1, 0.15) is 13.8 Å². The molecule has 1 heterocycles. The molecule has 7 nitrogen and oxygen atoms in total. The third-order valence-electron chi connectivity index (χ3n) is 3.76. The Kier molecular flexibility index (Phi) is 7.08. The van der Waals surface area contributed by atoms with Gasteiger partial charge < -0.3 is 16.2 Å². The molecule has 0 saturated carbocycles. The number of hydrogen-bond donors (Lipinski definition) is 3. The maximum atomic E-state index is 13.8. The summed E-state index contributed by atoms with van der Waals surface area (Å²) in [5.74, 6) is 0.609. The van der Waals surface area contributed by atoms with Crippen molar-refractivity contribution in [3.8, 4) is 16.9 Å². The second kappa shape index (κ2) is 9.50. The molecular weight excluding hydrogens is 361 g/mol. The summed E-state index contributed by atoms with van der Waals surface area (Å²) >= 11 is 0. The van der Waals surface area contributed by atoms with E-state index in [0.717, 1.165) is 0 Å². The van der Waals surface area contributed by atoms with Gasteiger partial charge in [0.1, 0.15) is 17.3 Å². The van der Waals surface area contributed by atoms with E-state index in [4.69, 9.17) is 16.2 Å². The van der Waals surface area contributed by atoms with Crippen molar-refractivity contribution in [2.24, 2.45) is 16.6 Å². The van der Waals surface area contributed by atoms with Crippen molar-refractivity contribution in [3.63, 3.8) is 0 Å². The zero-order chi connectivity index (χ0) is 20.7. The number of H-pyrrole nitrogens is 1. The quantitative estimate of drug-likeness (QED) is 0.633. The van der Waals surface area contributed by atoms with Crippen molar-refractivity contribution in [2.75, 3.05) is 24.7 Å². The topological polar surface area (TPSA) is 117 Å². The van der Waals surface area contributed by atoms with Crippen molar-refractivity contribution in [2.45, 2.75) is 13.8 Å². The molecule has 148 valence electrons. The van der Waals surface area contributed by atoms with Crippen LogP contribution in [0.3, 0.4) is 0 Å². The summed E-state index contributed by atoms with van der Waals surface area (Å²) in [4.78, 5) is 18.9. The van der Waals surface area contributed by atoms with Gasteiger partial charge in [-0.25, -0.2) is 19.5 Å². The maximum Gasteiger partial charge on any atom is 0.329 e. The van der Waals surface area contributed by atoms with Crippen molar-refractivity contribution in [1.82, 2.24) is 0 Å². The molecule has 0 unspecified atom stereocenters. The molecule has 2 rings (SSSR count). The summed E-state index contributed by atoms with van der Waals surface area (Å²) < 4.78 is 19.6. The maximum absolute atomic E-state index is 13.8. The number of nitrogens with zero attached hydrogens (tertiary/aromatic N) is 1. The predicted molar refractivity (Wildman–Crippen MR) is 108 cm³/mol. The number of halogens is 1. The van der Waals surface area contributed by atoms with Crippen molar-refractivity contribution in [3.05, 3.63) is 48.4 Å². The van der Waals surface area contributed by atoms with Gasteiger partial charge in [0.25, 0.3) is 0 Å². The minimum Gasteiger partial charge on any atom is -0.493 e. The number of anilines is 2. The first-order valence-corrected chi connectivity index (χ1v) is 8.76. The molecule has 0 saturated heterocycles. The molecule has 8 heteroatoms. The molecule has 0 aliphatic carbocycles. The molecule has 0 radical (unpaired) electrons. The summed E-state index contributed by atoms with van der Waals surface area (Å²) in [5, 5.41) is 2.65. The molecule has 1 aromatic heterocycles. The number of pyridine rings is 1. The SMILES string of the molecule is CN=C(/C=C\N)C(=O)Nc1ccc(-c2cc(F)ccc2OCC(C)C)c(N)[nH+]1. The lowest BCUT2D eigenvalue weighted by Crippen LogP contribution is -2.27. The van der Waals surface area contributed by atoms with Gasteiger partial charge in [-0.2, -0.15) is 0 Å².